The smallest absolute Gasteiger partial charge is 0.375 e. The molecule has 0 aliphatic carbocycles. The molecule has 12 heteroatoms. The van der Waals surface area contributed by atoms with Crippen molar-refractivity contribution in [2.45, 2.75) is 24.8 Å². The number of thiocarbonyl (C=S) groups is 1. The molecule has 0 heterocycles. The molecule has 0 bridgehead atoms. The van der Waals surface area contributed by atoms with Gasteiger partial charge in [0.05, 0.1) is 0 Å². The van der Waals surface area contributed by atoms with Gasteiger partial charge in [-0.15, -0.1) is 0 Å². The Morgan fingerprint density at radius 1 is 1.06 bits per heavy atom. The van der Waals surface area contributed by atoms with Gasteiger partial charge < -0.3 is 11.1 Å². The van der Waals surface area contributed by atoms with Crippen molar-refractivity contribution in [3.05, 3.63) is 0 Å². The van der Waals surface area contributed by atoms with Crippen molar-refractivity contribution in [3.63, 3.8) is 0 Å². The van der Waals surface area contributed by atoms with Gasteiger partial charge in [-0.3, -0.25) is 5.43 Å². The van der Waals surface area contributed by atoms with E-state index in [0.717, 1.165) is 5.32 Å². The van der Waals surface area contributed by atoms with Crippen LogP contribution in [0, 0.1) is 0 Å². The number of carbonyl (C=O) groups is 1. The van der Waals surface area contributed by atoms with Gasteiger partial charge in [-0.05, 0) is 19.1 Å². The Morgan fingerprint density at radius 2 is 1.44 bits per heavy atom. The molecule has 2 amide bonds. The lowest BCUT2D eigenvalue weighted by Crippen LogP contribution is -2.68. The zero-order chi connectivity index (χ0) is 14.8. The first-order valence-corrected chi connectivity index (χ1v) is 4.49. The van der Waals surface area contributed by atoms with E-state index in [0.29, 0.717) is 0 Å². The Labute approximate surface area is 102 Å². The van der Waals surface area contributed by atoms with Gasteiger partial charge in [0.2, 0.25) is 5.54 Å². The second-order valence-corrected chi connectivity index (χ2v) is 3.63. The Morgan fingerprint density at radius 3 is 1.72 bits per heavy atom. The molecule has 0 rings (SSSR count). The fourth-order valence-electron chi connectivity index (χ4n) is 0.679. The number of rotatable bonds is 1. The summed E-state index contributed by atoms with van der Waals surface area (Å²) in [7, 11) is 0. The Kier molecular flexibility index (Phi) is 4.63. The summed E-state index contributed by atoms with van der Waals surface area (Å²) in [6.45, 7) is -0.215. The first-order valence-electron chi connectivity index (χ1n) is 4.08. The molecule has 0 atom stereocenters. The van der Waals surface area contributed by atoms with Crippen molar-refractivity contribution >= 4 is 23.4 Å². The monoisotopic (exact) mass is 298 g/mol. The predicted octanol–water partition coefficient (Wildman–Crippen LogP) is 0.917. The molecule has 5 nitrogen and oxygen atoms in total. The van der Waals surface area contributed by atoms with Gasteiger partial charge in [-0.1, -0.05) is 0 Å². The average molecular weight is 298 g/mol. The van der Waals surface area contributed by atoms with E-state index in [1.54, 1.807) is 5.43 Å². The van der Waals surface area contributed by atoms with Crippen LogP contribution in [0.5, 0.6) is 0 Å². The van der Waals surface area contributed by atoms with E-state index >= 15 is 0 Å². The average Bonchev–Trinajstić information content (AvgIpc) is 2.10. The molecule has 0 spiro atoms. The zero-order valence-corrected chi connectivity index (χ0v) is 9.48. The lowest BCUT2D eigenvalue weighted by atomic mass is 10.0. The van der Waals surface area contributed by atoms with Crippen LogP contribution in [-0.2, 0) is 0 Å². The first kappa shape index (κ1) is 16.5. The summed E-state index contributed by atoms with van der Waals surface area (Å²) in [5, 5.41) is 0.215. The lowest BCUT2D eigenvalue weighted by Gasteiger charge is -2.34. The van der Waals surface area contributed by atoms with Gasteiger partial charge in [-0.2, -0.15) is 26.3 Å². The minimum absolute atomic E-state index is 0.215. The van der Waals surface area contributed by atoms with E-state index in [1.807, 2.05) is 0 Å². The van der Waals surface area contributed by atoms with E-state index in [-0.39, 0.29) is 6.92 Å². The SMILES string of the molecule is CC(NC(=O)NNC(N)=S)(C(F)(F)F)C(F)(F)F. The standard InChI is InChI=1S/C6H8F6N4OS/c1-4(5(7,8)9,6(10,11)12)14-3(17)16-15-2(13)18/h1H3,(H3,13,15,18)(H2,14,16,17). The number of nitrogens with one attached hydrogen (secondary N) is 3. The second-order valence-electron chi connectivity index (χ2n) is 3.19. The topological polar surface area (TPSA) is 79.2 Å². The third kappa shape index (κ3) is 3.78. The second kappa shape index (κ2) is 5.04. The molecule has 0 aromatic heterocycles. The van der Waals surface area contributed by atoms with Crippen LogP contribution in [0.1, 0.15) is 6.92 Å². The van der Waals surface area contributed by atoms with E-state index in [4.69, 9.17) is 5.73 Å². The largest absolute Gasteiger partial charge is 0.420 e. The molecule has 0 aromatic rings. The number of urea groups is 1. The fourth-order valence-corrected chi connectivity index (χ4v) is 0.730. The number of hydrogen-bond acceptors (Lipinski definition) is 2. The maximum atomic E-state index is 12.3. The molecule has 0 radical (unpaired) electrons. The molecule has 5 N–H and O–H groups in total. The van der Waals surface area contributed by atoms with Gasteiger partial charge in [0.15, 0.2) is 5.11 Å². The Bertz CT molecular complexity index is 326. The number of halogens is 6. The van der Waals surface area contributed by atoms with E-state index in [2.05, 4.69) is 12.2 Å². The highest BCUT2D eigenvalue weighted by atomic mass is 32.1. The van der Waals surface area contributed by atoms with Crippen LogP contribution in [0.15, 0.2) is 0 Å². The molecular weight excluding hydrogens is 290 g/mol. The maximum Gasteiger partial charge on any atom is 0.420 e. The number of carbonyl (C=O) groups excluding carboxylic acids is 1. The van der Waals surface area contributed by atoms with Crippen LogP contribution in [0.3, 0.4) is 0 Å². The number of hydrazine groups is 1. The number of nitrogens with two attached hydrogens (primary N) is 1. The van der Waals surface area contributed by atoms with E-state index in [9.17, 15) is 31.1 Å². The van der Waals surface area contributed by atoms with Gasteiger partial charge in [-0.25, -0.2) is 10.2 Å². The lowest BCUT2D eigenvalue weighted by molar-refractivity contribution is -0.297. The van der Waals surface area contributed by atoms with Crippen LogP contribution >= 0.6 is 12.2 Å². The van der Waals surface area contributed by atoms with Crippen LogP contribution in [-0.4, -0.2) is 29.0 Å². The minimum Gasteiger partial charge on any atom is -0.375 e. The normalized spacial score (nSPS) is 12.8. The van der Waals surface area contributed by atoms with Crippen LogP contribution in [0.25, 0.3) is 0 Å². The van der Waals surface area contributed by atoms with E-state index < -0.39 is 29.0 Å². The molecule has 0 aliphatic heterocycles. The molecule has 18 heavy (non-hydrogen) atoms. The van der Waals surface area contributed by atoms with Gasteiger partial charge in [0.25, 0.3) is 0 Å². The van der Waals surface area contributed by atoms with Crippen molar-refractivity contribution in [2.24, 2.45) is 5.73 Å². The highest BCUT2D eigenvalue weighted by Gasteiger charge is 2.68. The van der Waals surface area contributed by atoms with Crippen molar-refractivity contribution < 1.29 is 31.1 Å². The maximum absolute atomic E-state index is 12.3. The van der Waals surface area contributed by atoms with E-state index in [1.165, 1.54) is 5.43 Å². The van der Waals surface area contributed by atoms with Crippen molar-refractivity contribution in [1.82, 2.24) is 16.2 Å². The molecule has 0 saturated carbocycles. The summed E-state index contributed by atoms with van der Waals surface area (Å²) in [6.07, 6.45) is -11.5. The quantitative estimate of drug-likeness (QED) is 0.330. The third-order valence-corrected chi connectivity index (χ3v) is 1.90. The molecule has 0 aliphatic rings. The molecule has 0 fully saturated rings. The van der Waals surface area contributed by atoms with Crippen molar-refractivity contribution in [1.29, 1.82) is 0 Å². The molecule has 0 aromatic carbocycles. The van der Waals surface area contributed by atoms with Crippen LogP contribution in [0.4, 0.5) is 31.1 Å². The first-order chi connectivity index (χ1) is 7.81. The van der Waals surface area contributed by atoms with Crippen LogP contribution < -0.4 is 21.9 Å². The summed E-state index contributed by atoms with van der Waals surface area (Å²) in [4.78, 5) is 10.9. The Hall–Kier alpha value is -1.46. The van der Waals surface area contributed by atoms with Crippen molar-refractivity contribution in [2.75, 3.05) is 0 Å². The van der Waals surface area contributed by atoms with Crippen molar-refractivity contribution in [3.8, 4) is 0 Å². The minimum atomic E-state index is -5.73. The fraction of sp³-hybridized carbons (Fsp3) is 0.667. The summed E-state index contributed by atoms with van der Waals surface area (Å²) in [5.41, 5.74) is 3.51. The van der Waals surface area contributed by atoms with Gasteiger partial charge in [0, 0.05) is 0 Å². The number of alkyl halides is 6. The number of hydrogen-bond donors (Lipinski definition) is 4. The summed E-state index contributed by atoms with van der Waals surface area (Å²) < 4.78 is 74.0. The predicted molar refractivity (Wildman–Crippen MR) is 52.1 cm³/mol. The van der Waals surface area contributed by atoms with Gasteiger partial charge in [0.1, 0.15) is 0 Å². The molecule has 0 saturated heterocycles. The third-order valence-electron chi connectivity index (χ3n) is 1.80. The summed E-state index contributed by atoms with van der Waals surface area (Å²) >= 11 is 4.18. The molecule has 106 valence electrons. The van der Waals surface area contributed by atoms with Crippen LogP contribution in [0.2, 0.25) is 0 Å². The number of amides is 2. The highest BCUT2D eigenvalue weighted by molar-refractivity contribution is 7.80. The highest BCUT2D eigenvalue weighted by Crippen LogP contribution is 2.42. The molecular formula is C6H8F6N4OS. The molecule has 0 unspecified atom stereocenters. The Balaban J connectivity index is 4.95. The van der Waals surface area contributed by atoms with Gasteiger partial charge >= 0.3 is 18.4 Å². The zero-order valence-electron chi connectivity index (χ0n) is 8.66. The summed E-state index contributed by atoms with van der Waals surface area (Å²) in [5.74, 6) is 0. The summed E-state index contributed by atoms with van der Waals surface area (Å²) in [6, 6.07) is -1.79.